The minimum Gasteiger partial charge on any atom is -0.322 e. The predicted molar refractivity (Wildman–Crippen MR) is 206 cm³/mol. The molecular weight excluding hydrogens is 595 g/mol. The third-order valence-electron chi connectivity index (χ3n) is 10.6. The molecule has 3 heteroatoms. The van der Waals surface area contributed by atoms with Gasteiger partial charge in [-0.2, -0.15) is 0 Å². The highest BCUT2D eigenvalue weighted by Crippen LogP contribution is 2.46. The molecule has 228 valence electrons. The number of para-hydroxylation sites is 3. The number of nitrogens with zero attached hydrogens (tertiary/aromatic N) is 3. The van der Waals surface area contributed by atoms with Gasteiger partial charge in [0, 0.05) is 11.3 Å². The van der Waals surface area contributed by atoms with Gasteiger partial charge in [-0.25, -0.2) is 4.98 Å². The number of rotatable bonds is 3. The SMILES string of the molecule is c1ccc(N2Cn3c(nc4ccccc43)-c3ccc(-c4ccc(-c5ccc6ccc7cccc8ccc5c6c78)c5ccccc45)cc32)cc1. The van der Waals surface area contributed by atoms with Gasteiger partial charge >= 0.3 is 0 Å². The molecule has 1 aliphatic heterocycles. The van der Waals surface area contributed by atoms with Crippen LogP contribution in [0.15, 0.2) is 164 Å². The first-order chi connectivity index (χ1) is 24.3. The lowest BCUT2D eigenvalue weighted by Crippen LogP contribution is -2.26. The first kappa shape index (κ1) is 26.6. The second kappa shape index (κ2) is 10.0. The lowest BCUT2D eigenvalue weighted by atomic mass is 9.87. The minimum atomic E-state index is 0.699. The zero-order valence-electron chi connectivity index (χ0n) is 26.6. The van der Waals surface area contributed by atoms with Crippen molar-refractivity contribution in [1.82, 2.24) is 9.55 Å². The van der Waals surface area contributed by atoms with Crippen LogP contribution in [-0.2, 0) is 6.67 Å². The fraction of sp³-hybridized carbons (Fsp3) is 0.0217. The van der Waals surface area contributed by atoms with Gasteiger partial charge in [0.25, 0.3) is 0 Å². The van der Waals surface area contributed by atoms with Crippen LogP contribution >= 0.6 is 0 Å². The second-order valence-corrected chi connectivity index (χ2v) is 13.2. The average molecular weight is 624 g/mol. The molecule has 9 aromatic carbocycles. The Morgan fingerprint density at radius 3 is 1.94 bits per heavy atom. The van der Waals surface area contributed by atoms with E-state index in [1.807, 2.05) is 0 Å². The molecule has 0 atom stereocenters. The Labute approximate surface area is 283 Å². The van der Waals surface area contributed by atoms with Crippen molar-refractivity contribution in [3.8, 4) is 33.6 Å². The third kappa shape index (κ3) is 3.81. The molecule has 0 saturated heterocycles. The Kier molecular flexibility index (Phi) is 5.44. The molecular formula is C46H29N3. The zero-order valence-corrected chi connectivity index (χ0v) is 26.6. The van der Waals surface area contributed by atoms with Crippen LogP contribution in [0.3, 0.4) is 0 Å². The minimum absolute atomic E-state index is 0.699. The molecule has 11 rings (SSSR count). The van der Waals surface area contributed by atoms with E-state index in [4.69, 9.17) is 4.98 Å². The van der Waals surface area contributed by atoms with Crippen molar-refractivity contribution in [3.05, 3.63) is 164 Å². The Bertz CT molecular complexity index is 2900. The van der Waals surface area contributed by atoms with Crippen LogP contribution in [-0.4, -0.2) is 9.55 Å². The van der Waals surface area contributed by atoms with E-state index in [9.17, 15) is 0 Å². The van der Waals surface area contributed by atoms with Gasteiger partial charge in [0.05, 0.1) is 16.7 Å². The quantitative estimate of drug-likeness (QED) is 0.183. The third-order valence-corrected chi connectivity index (χ3v) is 10.6. The molecule has 0 spiro atoms. The highest BCUT2D eigenvalue weighted by Gasteiger charge is 2.27. The molecule has 0 radical (unpaired) electrons. The number of fused-ring (bicyclic) bond motifs is 6. The molecule has 0 bridgehead atoms. The van der Waals surface area contributed by atoms with E-state index >= 15 is 0 Å². The average Bonchev–Trinajstić information content (AvgIpc) is 3.55. The van der Waals surface area contributed by atoms with Crippen LogP contribution in [0.4, 0.5) is 11.4 Å². The van der Waals surface area contributed by atoms with Gasteiger partial charge in [-0.1, -0.05) is 127 Å². The normalized spacial score (nSPS) is 12.8. The molecule has 10 aromatic rings. The van der Waals surface area contributed by atoms with Crippen molar-refractivity contribution in [2.75, 3.05) is 4.90 Å². The smallest absolute Gasteiger partial charge is 0.144 e. The standard InChI is InChI=1S/C46H29N3/c1-2-11-33(12-3-1)48-28-49-42-16-7-6-15-41(42)47-46(49)40-24-21-32(27-43(40)48)34-25-26-37(36-14-5-4-13-35(34)36)38-22-19-31-18-17-29-9-8-10-30-20-23-39(38)45(31)44(29)30/h1-27H,28H2. The summed E-state index contributed by atoms with van der Waals surface area (Å²) in [5, 5.41) is 10.4. The molecule has 0 fully saturated rings. The monoisotopic (exact) mass is 623 g/mol. The van der Waals surface area contributed by atoms with Crippen molar-refractivity contribution in [2.45, 2.75) is 6.67 Å². The maximum Gasteiger partial charge on any atom is 0.144 e. The topological polar surface area (TPSA) is 21.1 Å². The summed E-state index contributed by atoms with van der Waals surface area (Å²) in [5.41, 5.74) is 10.6. The van der Waals surface area contributed by atoms with E-state index in [-0.39, 0.29) is 0 Å². The highest BCUT2D eigenvalue weighted by molar-refractivity contribution is 6.26. The largest absolute Gasteiger partial charge is 0.322 e. The predicted octanol–water partition coefficient (Wildman–Crippen LogP) is 12.2. The van der Waals surface area contributed by atoms with Crippen LogP contribution in [0.1, 0.15) is 0 Å². The summed E-state index contributed by atoms with van der Waals surface area (Å²) in [4.78, 5) is 7.53. The second-order valence-electron chi connectivity index (χ2n) is 13.2. The number of aromatic nitrogens is 2. The van der Waals surface area contributed by atoms with Crippen molar-refractivity contribution < 1.29 is 0 Å². The van der Waals surface area contributed by atoms with E-state index in [1.54, 1.807) is 0 Å². The van der Waals surface area contributed by atoms with Crippen molar-refractivity contribution >= 4 is 65.5 Å². The van der Waals surface area contributed by atoms with Gasteiger partial charge in [-0.15, -0.1) is 0 Å². The lowest BCUT2D eigenvalue weighted by Gasteiger charge is -2.33. The summed E-state index contributed by atoms with van der Waals surface area (Å²) in [6.07, 6.45) is 0. The van der Waals surface area contributed by atoms with Crippen LogP contribution < -0.4 is 4.90 Å². The molecule has 1 aromatic heterocycles. The molecule has 3 nitrogen and oxygen atoms in total. The molecule has 1 aliphatic rings. The van der Waals surface area contributed by atoms with Crippen molar-refractivity contribution in [3.63, 3.8) is 0 Å². The number of anilines is 2. The highest BCUT2D eigenvalue weighted by atomic mass is 15.3. The van der Waals surface area contributed by atoms with Crippen molar-refractivity contribution in [1.29, 1.82) is 0 Å². The maximum atomic E-state index is 5.11. The molecule has 49 heavy (non-hydrogen) atoms. The molecule has 0 saturated carbocycles. The molecule has 0 N–H and O–H groups in total. The van der Waals surface area contributed by atoms with Gasteiger partial charge in [-0.3, -0.25) is 0 Å². The zero-order chi connectivity index (χ0) is 32.1. The van der Waals surface area contributed by atoms with E-state index in [0.717, 1.165) is 22.4 Å². The van der Waals surface area contributed by atoms with Gasteiger partial charge in [0.15, 0.2) is 0 Å². The van der Waals surface area contributed by atoms with E-state index < -0.39 is 0 Å². The Morgan fingerprint density at radius 1 is 0.449 bits per heavy atom. The fourth-order valence-corrected chi connectivity index (χ4v) is 8.34. The first-order valence-electron chi connectivity index (χ1n) is 16.9. The molecule has 2 heterocycles. The van der Waals surface area contributed by atoms with Gasteiger partial charge in [0.2, 0.25) is 0 Å². The summed E-state index contributed by atoms with van der Waals surface area (Å²) in [6.45, 7) is 0.699. The summed E-state index contributed by atoms with van der Waals surface area (Å²) in [5.74, 6) is 1.02. The summed E-state index contributed by atoms with van der Waals surface area (Å²) in [6, 6.07) is 59.9. The van der Waals surface area contributed by atoms with Crippen LogP contribution in [0.25, 0.3) is 87.8 Å². The van der Waals surface area contributed by atoms with E-state index in [0.29, 0.717) is 6.67 Å². The fourth-order valence-electron chi connectivity index (χ4n) is 8.34. The van der Waals surface area contributed by atoms with Gasteiger partial charge in [0.1, 0.15) is 12.5 Å². The number of hydrogen-bond donors (Lipinski definition) is 0. The Morgan fingerprint density at radius 2 is 1.08 bits per heavy atom. The van der Waals surface area contributed by atoms with Crippen LogP contribution in [0.5, 0.6) is 0 Å². The van der Waals surface area contributed by atoms with E-state index in [1.165, 1.54) is 76.7 Å². The van der Waals surface area contributed by atoms with Crippen LogP contribution in [0.2, 0.25) is 0 Å². The van der Waals surface area contributed by atoms with Gasteiger partial charge in [-0.05, 0) is 102 Å². The molecule has 0 unspecified atom stereocenters. The molecule has 0 amide bonds. The lowest BCUT2D eigenvalue weighted by molar-refractivity contribution is 0.718. The van der Waals surface area contributed by atoms with Gasteiger partial charge < -0.3 is 9.47 Å². The molecule has 0 aliphatic carbocycles. The summed E-state index contributed by atoms with van der Waals surface area (Å²) in [7, 11) is 0. The first-order valence-corrected chi connectivity index (χ1v) is 16.9. The van der Waals surface area contributed by atoms with E-state index in [2.05, 4.69) is 173 Å². The Balaban J connectivity index is 1.12. The van der Waals surface area contributed by atoms with Crippen molar-refractivity contribution in [2.24, 2.45) is 0 Å². The number of imidazole rings is 1. The number of benzene rings is 9. The number of hydrogen-bond acceptors (Lipinski definition) is 2. The van der Waals surface area contributed by atoms with Crippen LogP contribution in [0, 0.1) is 0 Å². The maximum absolute atomic E-state index is 5.11. The Hall–Kier alpha value is -6.45. The summed E-state index contributed by atoms with van der Waals surface area (Å²) < 4.78 is 2.34. The summed E-state index contributed by atoms with van der Waals surface area (Å²) >= 11 is 0.